The number of phenols is 1. The molecule has 0 radical (unpaired) electrons. The van der Waals surface area contributed by atoms with Gasteiger partial charge in [-0.25, -0.2) is 8.42 Å². The van der Waals surface area contributed by atoms with Crippen LogP contribution in [0.3, 0.4) is 0 Å². The first-order valence-corrected chi connectivity index (χ1v) is 10.7. The Balaban J connectivity index is 2.12. The number of sulfonamides is 1. The molecular weight excluding hydrogens is 362 g/mol. The van der Waals surface area contributed by atoms with Crippen molar-refractivity contribution in [1.82, 2.24) is 0 Å². The highest BCUT2D eigenvalue weighted by molar-refractivity contribution is 7.92. The molecule has 27 heavy (non-hydrogen) atoms. The molecular formula is C21H25NO4S. The van der Waals surface area contributed by atoms with Crippen molar-refractivity contribution >= 4 is 21.5 Å². The molecule has 1 aliphatic heterocycles. The Morgan fingerprint density at radius 3 is 2.56 bits per heavy atom. The molecule has 1 heterocycles. The molecule has 2 aromatic rings. The summed E-state index contributed by atoms with van der Waals surface area (Å²) in [6.07, 6.45) is 2.65. The Morgan fingerprint density at radius 1 is 1.19 bits per heavy atom. The van der Waals surface area contributed by atoms with Crippen LogP contribution in [0.25, 0.3) is 0 Å². The minimum atomic E-state index is -3.84. The monoisotopic (exact) mass is 387 g/mol. The second kappa shape index (κ2) is 7.35. The first kappa shape index (κ1) is 19.4. The molecule has 144 valence electrons. The molecule has 0 saturated heterocycles. The maximum atomic E-state index is 13.4. The zero-order chi connectivity index (χ0) is 19.8. The summed E-state index contributed by atoms with van der Waals surface area (Å²) in [6, 6.07) is 9.83. The van der Waals surface area contributed by atoms with Crippen molar-refractivity contribution in [2.75, 3.05) is 10.8 Å². The van der Waals surface area contributed by atoms with E-state index in [1.807, 2.05) is 12.1 Å². The van der Waals surface area contributed by atoms with Gasteiger partial charge < -0.3 is 5.11 Å². The van der Waals surface area contributed by atoms with E-state index in [0.717, 1.165) is 24.8 Å². The lowest BCUT2D eigenvalue weighted by molar-refractivity contribution is 0.101. The summed E-state index contributed by atoms with van der Waals surface area (Å²) < 4.78 is 28.2. The van der Waals surface area contributed by atoms with Gasteiger partial charge in [0.05, 0.1) is 16.1 Å². The zero-order valence-corrected chi connectivity index (χ0v) is 16.7. The lowest BCUT2D eigenvalue weighted by Crippen LogP contribution is -2.40. The number of aryl methyl sites for hydroxylation is 1. The highest BCUT2D eigenvalue weighted by Gasteiger charge is 2.33. The van der Waals surface area contributed by atoms with Crippen molar-refractivity contribution in [1.29, 1.82) is 0 Å². The van der Waals surface area contributed by atoms with Gasteiger partial charge in [0.2, 0.25) is 0 Å². The van der Waals surface area contributed by atoms with E-state index in [0.29, 0.717) is 12.2 Å². The van der Waals surface area contributed by atoms with Gasteiger partial charge in [0.25, 0.3) is 10.0 Å². The van der Waals surface area contributed by atoms with Crippen LogP contribution in [0.15, 0.2) is 41.3 Å². The van der Waals surface area contributed by atoms with Crippen LogP contribution in [0.5, 0.6) is 5.75 Å². The maximum absolute atomic E-state index is 13.4. The van der Waals surface area contributed by atoms with Crippen LogP contribution in [0.2, 0.25) is 0 Å². The molecule has 0 saturated carbocycles. The molecule has 5 nitrogen and oxygen atoms in total. The van der Waals surface area contributed by atoms with E-state index in [4.69, 9.17) is 0 Å². The first-order valence-electron chi connectivity index (χ1n) is 9.26. The topological polar surface area (TPSA) is 74.7 Å². The van der Waals surface area contributed by atoms with Crippen LogP contribution >= 0.6 is 0 Å². The summed E-state index contributed by atoms with van der Waals surface area (Å²) in [5.41, 5.74) is 2.95. The van der Waals surface area contributed by atoms with Crippen LogP contribution in [-0.2, 0) is 22.9 Å². The van der Waals surface area contributed by atoms with Gasteiger partial charge in [-0.2, -0.15) is 0 Å². The summed E-state index contributed by atoms with van der Waals surface area (Å²) >= 11 is 0. The molecule has 0 fully saturated rings. The standard InChI is InChI=1S/C21H25NO4S/c1-4-15-6-8-20-17(10-15)11-16(5-2)13-22(20)27(25,26)18-7-9-21(24)19(12-18)14(3)23/h6-10,12,16,24H,4-5,11,13H2,1-3H3. The van der Waals surface area contributed by atoms with Gasteiger partial charge in [-0.05, 0) is 61.1 Å². The zero-order valence-electron chi connectivity index (χ0n) is 15.9. The maximum Gasteiger partial charge on any atom is 0.264 e. The van der Waals surface area contributed by atoms with Gasteiger partial charge in [-0.15, -0.1) is 0 Å². The van der Waals surface area contributed by atoms with Gasteiger partial charge in [0, 0.05) is 6.54 Å². The van der Waals surface area contributed by atoms with Crippen molar-refractivity contribution in [3.63, 3.8) is 0 Å². The average Bonchev–Trinajstić information content (AvgIpc) is 2.66. The van der Waals surface area contributed by atoms with Crippen LogP contribution in [0, 0.1) is 5.92 Å². The number of hydrogen-bond acceptors (Lipinski definition) is 4. The van der Waals surface area contributed by atoms with Gasteiger partial charge in [-0.3, -0.25) is 9.10 Å². The average molecular weight is 388 g/mol. The van der Waals surface area contributed by atoms with Crippen molar-refractivity contribution in [3.05, 3.63) is 53.1 Å². The second-order valence-corrected chi connectivity index (χ2v) is 8.93. The molecule has 1 unspecified atom stereocenters. The second-order valence-electron chi connectivity index (χ2n) is 7.07. The molecule has 0 aromatic heterocycles. The number of nitrogens with zero attached hydrogens (tertiary/aromatic N) is 1. The Bertz CT molecular complexity index is 982. The van der Waals surface area contributed by atoms with Gasteiger partial charge in [0.1, 0.15) is 5.75 Å². The van der Waals surface area contributed by atoms with Crippen LogP contribution < -0.4 is 4.31 Å². The number of phenolic OH excluding ortho intramolecular Hbond substituents is 1. The first-order chi connectivity index (χ1) is 12.8. The largest absolute Gasteiger partial charge is 0.507 e. The highest BCUT2D eigenvalue weighted by atomic mass is 32.2. The van der Waals surface area contributed by atoms with E-state index in [2.05, 4.69) is 19.9 Å². The van der Waals surface area contributed by atoms with Crippen molar-refractivity contribution in [2.45, 2.75) is 44.9 Å². The molecule has 0 bridgehead atoms. The number of ketones is 1. The smallest absolute Gasteiger partial charge is 0.264 e. The number of carbonyl (C=O) groups is 1. The fourth-order valence-corrected chi connectivity index (χ4v) is 5.17. The molecule has 1 atom stereocenters. The van der Waals surface area contributed by atoms with Gasteiger partial charge in [0.15, 0.2) is 5.78 Å². The van der Waals surface area contributed by atoms with E-state index in [-0.39, 0.29) is 27.9 Å². The number of carbonyl (C=O) groups excluding carboxylic acids is 1. The quantitative estimate of drug-likeness (QED) is 0.789. The Kier molecular flexibility index (Phi) is 5.29. The van der Waals surface area contributed by atoms with Gasteiger partial charge in [-0.1, -0.05) is 32.4 Å². The van der Waals surface area contributed by atoms with Crippen molar-refractivity contribution < 1.29 is 18.3 Å². The van der Waals surface area contributed by atoms with Crippen LogP contribution in [0.1, 0.15) is 48.7 Å². The summed E-state index contributed by atoms with van der Waals surface area (Å²) in [7, 11) is -3.84. The van der Waals surface area contributed by atoms with E-state index < -0.39 is 10.0 Å². The van der Waals surface area contributed by atoms with E-state index in [1.165, 1.54) is 35.0 Å². The number of fused-ring (bicyclic) bond motifs is 1. The molecule has 3 rings (SSSR count). The summed E-state index contributed by atoms with van der Waals surface area (Å²) in [4.78, 5) is 11.7. The van der Waals surface area contributed by atoms with Crippen molar-refractivity contribution in [2.24, 2.45) is 5.92 Å². The van der Waals surface area contributed by atoms with Crippen LogP contribution in [-0.4, -0.2) is 25.9 Å². The molecule has 0 spiro atoms. The molecule has 1 N–H and O–H groups in total. The van der Waals surface area contributed by atoms with E-state index >= 15 is 0 Å². The normalized spacial score (nSPS) is 16.9. The molecule has 0 aliphatic carbocycles. The number of aromatic hydroxyl groups is 1. The number of hydrogen-bond donors (Lipinski definition) is 1. The third-order valence-corrected chi connectivity index (χ3v) is 7.04. The summed E-state index contributed by atoms with van der Waals surface area (Å²) in [6.45, 7) is 5.86. The minimum absolute atomic E-state index is 0.0154. The predicted molar refractivity (Wildman–Crippen MR) is 106 cm³/mol. The molecule has 2 aromatic carbocycles. The number of rotatable bonds is 5. The van der Waals surface area contributed by atoms with Crippen molar-refractivity contribution in [3.8, 4) is 5.75 Å². The lowest BCUT2D eigenvalue weighted by atomic mass is 9.91. The Labute approximate surface area is 160 Å². The van der Waals surface area contributed by atoms with E-state index in [9.17, 15) is 18.3 Å². The van der Waals surface area contributed by atoms with Gasteiger partial charge >= 0.3 is 0 Å². The number of benzene rings is 2. The Morgan fingerprint density at radius 2 is 1.93 bits per heavy atom. The molecule has 6 heteroatoms. The summed E-state index contributed by atoms with van der Waals surface area (Å²) in [5, 5.41) is 9.85. The third-order valence-electron chi connectivity index (χ3n) is 5.27. The minimum Gasteiger partial charge on any atom is -0.507 e. The van der Waals surface area contributed by atoms with Crippen LogP contribution in [0.4, 0.5) is 5.69 Å². The fourth-order valence-electron chi connectivity index (χ4n) is 3.56. The third kappa shape index (κ3) is 3.58. The number of anilines is 1. The Hall–Kier alpha value is -2.34. The number of Topliss-reactive ketones (excluding diaryl/α,β-unsaturated/α-hetero) is 1. The SMILES string of the molecule is CCc1ccc2c(c1)CC(CC)CN2S(=O)(=O)c1ccc(O)c(C(C)=O)c1. The molecule has 0 amide bonds. The molecule has 1 aliphatic rings. The predicted octanol–water partition coefficient (Wildman–Crippen LogP) is 3.93. The fraction of sp³-hybridized carbons (Fsp3) is 0.381. The van der Waals surface area contributed by atoms with E-state index in [1.54, 1.807) is 0 Å². The summed E-state index contributed by atoms with van der Waals surface area (Å²) in [5.74, 6) is -0.342. The lowest BCUT2D eigenvalue weighted by Gasteiger charge is -2.35. The highest BCUT2D eigenvalue weighted by Crippen LogP contribution is 2.36.